The molecule has 0 radical (unpaired) electrons. The van der Waals surface area contributed by atoms with Crippen molar-refractivity contribution in [2.75, 3.05) is 18.5 Å². The first kappa shape index (κ1) is 24.1. The van der Waals surface area contributed by atoms with Crippen LogP contribution in [0, 0.1) is 6.92 Å². The van der Waals surface area contributed by atoms with Crippen molar-refractivity contribution in [3.63, 3.8) is 0 Å². The van der Waals surface area contributed by atoms with Gasteiger partial charge < -0.3 is 14.8 Å². The Hall–Kier alpha value is -3.20. The molecular formula is C22H24BrN3O5. The molecular weight excluding hydrogens is 466 g/mol. The number of esters is 1. The number of anilines is 1. The number of hydrazone groups is 1. The zero-order valence-electron chi connectivity index (χ0n) is 17.5. The summed E-state index contributed by atoms with van der Waals surface area (Å²) in [7, 11) is 0. The molecule has 0 saturated heterocycles. The number of nitrogens with zero attached hydrogens (tertiary/aromatic N) is 1. The summed E-state index contributed by atoms with van der Waals surface area (Å²) >= 11 is 3.40. The lowest BCUT2D eigenvalue weighted by molar-refractivity contribution is -0.123. The Kier molecular flexibility index (Phi) is 9.20. The molecule has 0 heterocycles. The molecule has 31 heavy (non-hydrogen) atoms. The largest absolute Gasteiger partial charge is 0.484 e. The van der Waals surface area contributed by atoms with E-state index in [1.165, 1.54) is 0 Å². The monoisotopic (exact) mass is 489 g/mol. The van der Waals surface area contributed by atoms with Crippen LogP contribution in [0.5, 0.6) is 5.75 Å². The summed E-state index contributed by atoms with van der Waals surface area (Å²) in [5, 5.41) is 6.62. The van der Waals surface area contributed by atoms with Crippen LogP contribution < -0.4 is 15.5 Å². The second-order valence-electron chi connectivity index (χ2n) is 6.60. The summed E-state index contributed by atoms with van der Waals surface area (Å²) in [5.74, 6) is -0.584. The van der Waals surface area contributed by atoms with Gasteiger partial charge in [0, 0.05) is 15.9 Å². The van der Waals surface area contributed by atoms with Crippen LogP contribution in [0.15, 0.2) is 52.0 Å². The molecule has 8 nitrogen and oxygen atoms in total. The quantitative estimate of drug-likeness (QED) is 0.316. The van der Waals surface area contributed by atoms with E-state index in [-0.39, 0.29) is 18.9 Å². The van der Waals surface area contributed by atoms with E-state index in [1.807, 2.05) is 19.1 Å². The van der Waals surface area contributed by atoms with Gasteiger partial charge in [-0.2, -0.15) is 5.10 Å². The maximum absolute atomic E-state index is 12.1. The van der Waals surface area contributed by atoms with Gasteiger partial charge in [-0.15, -0.1) is 0 Å². The van der Waals surface area contributed by atoms with Gasteiger partial charge in [-0.3, -0.25) is 9.59 Å². The summed E-state index contributed by atoms with van der Waals surface area (Å²) in [6.07, 6.45) is -0.00727. The molecule has 0 unspecified atom stereocenters. The molecule has 0 aliphatic rings. The SMILES string of the molecule is CCOC(=O)c1ccc(NC(=O)C/C(C)=N\NC(=O)COc2ccc(Br)c(C)c2)cc1. The van der Waals surface area contributed by atoms with Gasteiger partial charge in [0.1, 0.15) is 5.75 Å². The van der Waals surface area contributed by atoms with Crippen LogP contribution in [0.4, 0.5) is 5.69 Å². The minimum Gasteiger partial charge on any atom is -0.484 e. The van der Waals surface area contributed by atoms with Crippen molar-refractivity contribution in [2.24, 2.45) is 5.10 Å². The maximum atomic E-state index is 12.1. The number of rotatable bonds is 9. The molecule has 2 aromatic carbocycles. The number of carbonyl (C=O) groups excluding carboxylic acids is 3. The molecule has 0 spiro atoms. The number of aryl methyl sites for hydroxylation is 1. The van der Waals surface area contributed by atoms with Crippen LogP contribution in [-0.2, 0) is 14.3 Å². The van der Waals surface area contributed by atoms with Gasteiger partial charge >= 0.3 is 5.97 Å². The van der Waals surface area contributed by atoms with Gasteiger partial charge in [-0.05, 0) is 68.8 Å². The van der Waals surface area contributed by atoms with Crippen molar-refractivity contribution < 1.29 is 23.9 Å². The predicted octanol–water partition coefficient (Wildman–Crippen LogP) is 3.83. The zero-order valence-corrected chi connectivity index (χ0v) is 19.1. The first-order chi connectivity index (χ1) is 14.8. The normalized spacial score (nSPS) is 10.9. The Balaban J connectivity index is 1.77. The van der Waals surface area contributed by atoms with E-state index in [0.29, 0.717) is 29.3 Å². The summed E-state index contributed by atoms with van der Waals surface area (Å²) in [5.41, 5.74) is 4.72. The molecule has 0 bridgehead atoms. The van der Waals surface area contributed by atoms with Crippen LogP contribution in [0.2, 0.25) is 0 Å². The molecule has 0 saturated carbocycles. The molecule has 2 rings (SSSR count). The predicted molar refractivity (Wildman–Crippen MR) is 121 cm³/mol. The van der Waals surface area contributed by atoms with Crippen molar-refractivity contribution in [3.8, 4) is 5.75 Å². The first-order valence-corrected chi connectivity index (χ1v) is 10.4. The third-order valence-corrected chi connectivity index (χ3v) is 4.86. The fourth-order valence-electron chi connectivity index (χ4n) is 2.43. The van der Waals surface area contributed by atoms with Crippen molar-refractivity contribution in [3.05, 3.63) is 58.1 Å². The Morgan fingerprint density at radius 2 is 1.77 bits per heavy atom. The molecule has 2 N–H and O–H groups in total. The van der Waals surface area contributed by atoms with Crippen molar-refractivity contribution >= 4 is 45.1 Å². The number of ether oxygens (including phenoxy) is 2. The van der Waals surface area contributed by atoms with Gasteiger partial charge in [0.25, 0.3) is 5.91 Å². The smallest absolute Gasteiger partial charge is 0.338 e. The molecule has 164 valence electrons. The fourth-order valence-corrected chi connectivity index (χ4v) is 2.67. The minimum absolute atomic E-state index is 0.00727. The van der Waals surface area contributed by atoms with E-state index in [0.717, 1.165) is 10.0 Å². The third kappa shape index (κ3) is 8.21. The van der Waals surface area contributed by atoms with E-state index in [1.54, 1.807) is 44.2 Å². The Bertz CT molecular complexity index is 974. The van der Waals surface area contributed by atoms with E-state index in [4.69, 9.17) is 9.47 Å². The van der Waals surface area contributed by atoms with Gasteiger partial charge in [-0.25, -0.2) is 10.2 Å². The zero-order chi connectivity index (χ0) is 22.8. The average molecular weight is 490 g/mol. The lowest BCUT2D eigenvalue weighted by Crippen LogP contribution is -2.26. The highest BCUT2D eigenvalue weighted by Gasteiger charge is 2.09. The lowest BCUT2D eigenvalue weighted by Gasteiger charge is -2.08. The number of hydrogen-bond donors (Lipinski definition) is 2. The summed E-state index contributed by atoms with van der Waals surface area (Å²) in [6.45, 7) is 5.38. The first-order valence-electron chi connectivity index (χ1n) is 9.56. The fraction of sp³-hybridized carbons (Fsp3) is 0.273. The average Bonchev–Trinajstić information content (AvgIpc) is 2.73. The topological polar surface area (TPSA) is 106 Å². The van der Waals surface area contributed by atoms with Crippen LogP contribution in [0.25, 0.3) is 0 Å². The standard InChI is InChI=1S/C22H24BrN3O5/c1-4-30-22(29)16-5-7-17(8-6-16)24-20(27)12-15(3)25-26-21(28)13-31-18-9-10-19(23)14(2)11-18/h5-11H,4,12-13H2,1-3H3,(H,24,27)(H,26,28)/b25-15-. The van der Waals surface area contributed by atoms with Crippen molar-refractivity contribution in [2.45, 2.75) is 27.2 Å². The number of carbonyl (C=O) groups is 3. The molecule has 0 atom stereocenters. The number of halogens is 1. The second kappa shape index (κ2) is 11.8. The highest BCUT2D eigenvalue weighted by atomic mass is 79.9. The summed E-state index contributed by atoms with van der Waals surface area (Å²) in [4.78, 5) is 35.7. The summed E-state index contributed by atoms with van der Waals surface area (Å²) < 4.78 is 11.3. The van der Waals surface area contributed by atoms with Crippen LogP contribution in [0.3, 0.4) is 0 Å². The molecule has 2 aromatic rings. The van der Waals surface area contributed by atoms with Crippen molar-refractivity contribution in [1.29, 1.82) is 0 Å². The van der Waals surface area contributed by atoms with Crippen LogP contribution >= 0.6 is 15.9 Å². The van der Waals surface area contributed by atoms with Gasteiger partial charge in [0.15, 0.2) is 6.61 Å². The highest BCUT2D eigenvalue weighted by molar-refractivity contribution is 9.10. The highest BCUT2D eigenvalue weighted by Crippen LogP contribution is 2.21. The number of nitrogens with one attached hydrogen (secondary N) is 2. The minimum atomic E-state index is -0.435. The van der Waals surface area contributed by atoms with E-state index >= 15 is 0 Å². The molecule has 2 amide bonds. The van der Waals surface area contributed by atoms with E-state index in [2.05, 4.69) is 31.8 Å². The van der Waals surface area contributed by atoms with Crippen LogP contribution in [-0.4, -0.2) is 36.7 Å². The Morgan fingerprint density at radius 1 is 1.06 bits per heavy atom. The van der Waals surface area contributed by atoms with Gasteiger partial charge in [0.2, 0.25) is 5.91 Å². The number of amides is 2. The van der Waals surface area contributed by atoms with Crippen molar-refractivity contribution in [1.82, 2.24) is 5.43 Å². The summed E-state index contributed by atoms with van der Waals surface area (Å²) in [6, 6.07) is 11.8. The Morgan fingerprint density at radius 3 is 2.42 bits per heavy atom. The molecule has 9 heteroatoms. The maximum Gasteiger partial charge on any atom is 0.338 e. The van der Waals surface area contributed by atoms with Crippen LogP contribution in [0.1, 0.15) is 36.2 Å². The molecule has 0 fully saturated rings. The molecule has 0 aliphatic heterocycles. The molecule has 0 aromatic heterocycles. The lowest BCUT2D eigenvalue weighted by atomic mass is 10.2. The van der Waals surface area contributed by atoms with E-state index in [9.17, 15) is 14.4 Å². The third-order valence-electron chi connectivity index (χ3n) is 3.97. The Labute approximate surface area is 189 Å². The second-order valence-corrected chi connectivity index (χ2v) is 7.46. The molecule has 0 aliphatic carbocycles. The van der Waals surface area contributed by atoms with E-state index < -0.39 is 11.9 Å². The number of hydrogen-bond acceptors (Lipinski definition) is 6. The number of benzene rings is 2. The van der Waals surface area contributed by atoms with Gasteiger partial charge in [-0.1, -0.05) is 15.9 Å². The van der Waals surface area contributed by atoms with Gasteiger partial charge in [0.05, 0.1) is 18.6 Å².